The zero-order valence-electron chi connectivity index (χ0n) is 13.2. The van der Waals surface area contributed by atoms with Crippen molar-refractivity contribution in [2.75, 3.05) is 0 Å². The van der Waals surface area contributed by atoms with Gasteiger partial charge in [-0.1, -0.05) is 48.5 Å². The third-order valence-electron chi connectivity index (χ3n) is 3.39. The average molecular weight is 227 g/mol. The fourth-order valence-electron chi connectivity index (χ4n) is 2.06. The third-order valence-corrected chi connectivity index (χ3v) is 3.39. The molecule has 0 aliphatic heterocycles. The molecule has 2 atom stereocenters. The van der Waals surface area contributed by atoms with Crippen LogP contribution in [0.3, 0.4) is 0 Å². The topological polar surface area (TPSA) is 12.0 Å². The zero-order chi connectivity index (χ0) is 13.4. The Morgan fingerprint density at radius 1 is 0.688 bits per heavy atom. The van der Waals surface area contributed by atoms with Crippen LogP contribution in [0.25, 0.3) is 0 Å². The van der Waals surface area contributed by atoms with Crippen molar-refractivity contribution in [1.82, 2.24) is 5.32 Å². The lowest BCUT2D eigenvalue weighted by Gasteiger charge is -2.45. The van der Waals surface area contributed by atoms with Gasteiger partial charge in [-0.2, -0.15) is 0 Å². The molecule has 0 saturated heterocycles. The number of hydrogen-bond donors (Lipinski definition) is 1. The van der Waals surface area contributed by atoms with Crippen LogP contribution in [0.2, 0.25) is 0 Å². The van der Waals surface area contributed by atoms with Gasteiger partial charge in [0.05, 0.1) is 0 Å². The standard InChI is InChI=1S/C15H33N/c1-11(13(2,3)4)12(14(5,6)7)16-15(8,9)10/h11-12,16H,1-10H3. The largest absolute Gasteiger partial charge is 0.309 e. The van der Waals surface area contributed by atoms with Gasteiger partial charge in [-0.15, -0.1) is 0 Å². The van der Waals surface area contributed by atoms with Crippen molar-refractivity contribution in [3.63, 3.8) is 0 Å². The molecule has 1 N–H and O–H groups in total. The van der Waals surface area contributed by atoms with Gasteiger partial charge in [0.1, 0.15) is 0 Å². The Bertz CT molecular complexity index is 209. The van der Waals surface area contributed by atoms with Crippen LogP contribution in [-0.4, -0.2) is 11.6 Å². The Labute approximate surface area is 103 Å². The van der Waals surface area contributed by atoms with Crippen LogP contribution in [0, 0.1) is 16.7 Å². The lowest BCUT2D eigenvalue weighted by atomic mass is 9.68. The third kappa shape index (κ3) is 5.34. The lowest BCUT2D eigenvalue weighted by molar-refractivity contribution is 0.0949. The summed E-state index contributed by atoms with van der Waals surface area (Å²) in [5, 5.41) is 3.80. The van der Waals surface area contributed by atoms with Gasteiger partial charge in [-0.25, -0.2) is 0 Å². The normalized spacial score (nSPS) is 18.4. The van der Waals surface area contributed by atoms with Crippen LogP contribution < -0.4 is 5.32 Å². The van der Waals surface area contributed by atoms with E-state index in [4.69, 9.17) is 0 Å². The molecule has 0 radical (unpaired) electrons. The lowest BCUT2D eigenvalue weighted by Crippen LogP contribution is -2.55. The molecule has 98 valence electrons. The van der Waals surface area contributed by atoms with E-state index in [1.54, 1.807) is 0 Å². The Balaban J connectivity index is 4.98. The summed E-state index contributed by atoms with van der Waals surface area (Å²) in [5.41, 5.74) is 0.813. The van der Waals surface area contributed by atoms with Gasteiger partial charge in [0, 0.05) is 11.6 Å². The minimum atomic E-state index is 0.178. The Morgan fingerprint density at radius 3 is 1.25 bits per heavy atom. The molecular formula is C15H33N. The van der Waals surface area contributed by atoms with E-state index in [1.165, 1.54) is 0 Å². The molecule has 0 amide bonds. The summed E-state index contributed by atoms with van der Waals surface area (Å²) in [4.78, 5) is 0. The second-order valence-electron chi connectivity index (χ2n) is 8.39. The SMILES string of the molecule is CC(C(NC(C)(C)C)C(C)(C)C)C(C)(C)C. The fourth-order valence-corrected chi connectivity index (χ4v) is 2.06. The van der Waals surface area contributed by atoms with E-state index < -0.39 is 0 Å². The maximum Gasteiger partial charge on any atom is 0.0151 e. The number of nitrogens with one attached hydrogen (secondary N) is 1. The van der Waals surface area contributed by atoms with Crippen molar-refractivity contribution < 1.29 is 0 Å². The maximum absolute atomic E-state index is 3.80. The van der Waals surface area contributed by atoms with Crippen LogP contribution in [-0.2, 0) is 0 Å². The first kappa shape index (κ1) is 16.0. The summed E-state index contributed by atoms with van der Waals surface area (Å²) >= 11 is 0. The minimum absolute atomic E-state index is 0.178. The first-order chi connectivity index (χ1) is 6.75. The van der Waals surface area contributed by atoms with Gasteiger partial charge >= 0.3 is 0 Å². The van der Waals surface area contributed by atoms with Crippen molar-refractivity contribution in [2.24, 2.45) is 16.7 Å². The quantitative estimate of drug-likeness (QED) is 0.734. The van der Waals surface area contributed by atoms with E-state index in [-0.39, 0.29) is 5.54 Å². The van der Waals surface area contributed by atoms with Crippen molar-refractivity contribution in [2.45, 2.75) is 80.8 Å². The predicted octanol–water partition coefficient (Wildman–Crippen LogP) is 4.47. The highest BCUT2D eigenvalue weighted by atomic mass is 15.0. The summed E-state index contributed by atoms with van der Waals surface area (Å²) in [5.74, 6) is 0.645. The molecule has 0 spiro atoms. The smallest absolute Gasteiger partial charge is 0.0151 e. The molecular weight excluding hydrogens is 194 g/mol. The Kier molecular flexibility index (Phi) is 4.67. The van der Waals surface area contributed by atoms with Crippen molar-refractivity contribution >= 4 is 0 Å². The summed E-state index contributed by atoms with van der Waals surface area (Å²) in [6, 6.07) is 0.535. The molecule has 0 aliphatic rings. The fraction of sp³-hybridized carbons (Fsp3) is 1.00. The average Bonchev–Trinajstić information content (AvgIpc) is 1.93. The van der Waals surface area contributed by atoms with Crippen LogP contribution in [0.1, 0.15) is 69.2 Å². The van der Waals surface area contributed by atoms with E-state index in [0.717, 1.165) is 0 Å². The van der Waals surface area contributed by atoms with Crippen LogP contribution in [0.4, 0.5) is 0 Å². The highest BCUT2D eigenvalue weighted by molar-refractivity contribution is 4.93. The second-order valence-corrected chi connectivity index (χ2v) is 8.39. The molecule has 1 heteroatoms. The van der Waals surface area contributed by atoms with Crippen LogP contribution >= 0.6 is 0 Å². The molecule has 0 aromatic rings. The molecule has 0 aromatic carbocycles. The van der Waals surface area contributed by atoms with Gasteiger partial charge < -0.3 is 5.32 Å². The summed E-state index contributed by atoms with van der Waals surface area (Å²) in [6.45, 7) is 23.1. The molecule has 0 aliphatic carbocycles. The predicted molar refractivity (Wildman–Crippen MR) is 74.8 cm³/mol. The molecule has 1 nitrogen and oxygen atoms in total. The van der Waals surface area contributed by atoms with Crippen molar-refractivity contribution in [3.8, 4) is 0 Å². The highest BCUT2D eigenvalue weighted by Gasteiger charge is 2.37. The summed E-state index contributed by atoms with van der Waals surface area (Å²) < 4.78 is 0. The summed E-state index contributed by atoms with van der Waals surface area (Å²) in [6.07, 6.45) is 0. The van der Waals surface area contributed by atoms with E-state index in [9.17, 15) is 0 Å². The van der Waals surface area contributed by atoms with Gasteiger partial charge in [0.15, 0.2) is 0 Å². The zero-order valence-corrected chi connectivity index (χ0v) is 13.2. The number of hydrogen-bond acceptors (Lipinski definition) is 1. The van der Waals surface area contributed by atoms with E-state index in [1.807, 2.05) is 0 Å². The molecule has 0 bridgehead atoms. The van der Waals surface area contributed by atoms with Gasteiger partial charge in [-0.3, -0.25) is 0 Å². The molecule has 0 aromatic heterocycles. The van der Waals surface area contributed by atoms with Gasteiger partial charge in [-0.05, 0) is 37.5 Å². The highest BCUT2D eigenvalue weighted by Crippen LogP contribution is 2.36. The molecule has 0 heterocycles. The van der Waals surface area contributed by atoms with Crippen LogP contribution in [0.15, 0.2) is 0 Å². The molecule has 16 heavy (non-hydrogen) atoms. The maximum atomic E-state index is 3.80. The van der Waals surface area contributed by atoms with E-state index in [0.29, 0.717) is 22.8 Å². The monoisotopic (exact) mass is 227 g/mol. The molecule has 0 fully saturated rings. The van der Waals surface area contributed by atoms with E-state index in [2.05, 4.69) is 74.6 Å². The van der Waals surface area contributed by atoms with Crippen molar-refractivity contribution in [3.05, 3.63) is 0 Å². The Hall–Kier alpha value is -0.0400. The first-order valence-electron chi connectivity index (χ1n) is 6.53. The molecule has 0 saturated carbocycles. The first-order valence-corrected chi connectivity index (χ1v) is 6.53. The van der Waals surface area contributed by atoms with Gasteiger partial charge in [0.2, 0.25) is 0 Å². The van der Waals surface area contributed by atoms with Crippen molar-refractivity contribution in [1.29, 1.82) is 0 Å². The summed E-state index contributed by atoms with van der Waals surface area (Å²) in [7, 11) is 0. The van der Waals surface area contributed by atoms with Crippen LogP contribution in [0.5, 0.6) is 0 Å². The number of rotatable bonds is 2. The van der Waals surface area contributed by atoms with Gasteiger partial charge in [0.25, 0.3) is 0 Å². The minimum Gasteiger partial charge on any atom is -0.309 e. The molecule has 2 unspecified atom stereocenters. The molecule has 0 rings (SSSR count). The Morgan fingerprint density at radius 2 is 1.06 bits per heavy atom. The second kappa shape index (κ2) is 4.68. The van der Waals surface area contributed by atoms with E-state index >= 15 is 0 Å².